The van der Waals surface area contributed by atoms with E-state index in [1.165, 1.54) is 11.8 Å². The molecule has 1 saturated heterocycles. The Hall–Kier alpha value is -1.75. The third-order valence-electron chi connectivity index (χ3n) is 6.78. The van der Waals surface area contributed by atoms with Gasteiger partial charge in [-0.15, -0.1) is 0 Å². The lowest BCUT2D eigenvalue weighted by Crippen LogP contribution is -2.60. The van der Waals surface area contributed by atoms with Crippen LogP contribution >= 0.6 is 24.4 Å². The van der Waals surface area contributed by atoms with E-state index in [9.17, 15) is 19.5 Å². The van der Waals surface area contributed by atoms with Crippen molar-refractivity contribution in [3.63, 3.8) is 0 Å². The number of fused-ring (bicyclic) bond motifs is 1. The van der Waals surface area contributed by atoms with Gasteiger partial charge in [-0.3, -0.25) is 9.59 Å². The number of hydrogen-bond donors (Lipinski definition) is 5. The molecule has 0 saturated carbocycles. The van der Waals surface area contributed by atoms with Crippen molar-refractivity contribution in [2.75, 3.05) is 25.1 Å². The lowest BCUT2D eigenvalue weighted by atomic mass is 9.91. The van der Waals surface area contributed by atoms with Gasteiger partial charge in [0.1, 0.15) is 12.1 Å². The number of carboxylic acids is 1. The lowest BCUT2D eigenvalue weighted by molar-refractivity contribution is -0.146. The van der Waals surface area contributed by atoms with Crippen molar-refractivity contribution in [1.29, 1.82) is 0 Å². The lowest BCUT2D eigenvalue weighted by Gasteiger charge is -2.39. The van der Waals surface area contributed by atoms with Crippen LogP contribution in [0.2, 0.25) is 0 Å². The molecule has 0 bridgehead atoms. The zero-order valence-corrected chi connectivity index (χ0v) is 22.4. The van der Waals surface area contributed by atoms with Gasteiger partial charge in [0, 0.05) is 37.3 Å². The van der Waals surface area contributed by atoms with E-state index in [0.717, 1.165) is 24.1 Å². The Bertz CT molecular complexity index is 900. The Morgan fingerprint density at radius 1 is 1.26 bits per heavy atom. The minimum absolute atomic E-state index is 0.0185. The van der Waals surface area contributed by atoms with E-state index >= 15 is 0 Å². The number of nitrogens with zero attached hydrogens (tertiary/aromatic N) is 1. The van der Waals surface area contributed by atoms with Crippen molar-refractivity contribution >= 4 is 42.2 Å². The van der Waals surface area contributed by atoms with Gasteiger partial charge in [-0.05, 0) is 41.9 Å². The molecule has 0 aliphatic carbocycles. The molecule has 1 aromatic carbocycles. The van der Waals surface area contributed by atoms with Crippen molar-refractivity contribution in [2.45, 2.75) is 69.1 Å². The highest BCUT2D eigenvalue weighted by Gasteiger charge is 2.39. The summed E-state index contributed by atoms with van der Waals surface area (Å²) in [7, 11) is 0. The summed E-state index contributed by atoms with van der Waals surface area (Å²) in [5, 5.41) is 19.5. The molecule has 5 atom stereocenters. The van der Waals surface area contributed by atoms with E-state index in [1.54, 1.807) is 4.90 Å². The van der Waals surface area contributed by atoms with Gasteiger partial charge in [0.15, 0.2) is 0 Å². The molecular weight excluding hydrogens is 484 g/mol. The Kier molecular flexibility index (Phi) is 10.3. The molecule has 2 heterocycles. The van der Waals surface area contributed by atoms with Crippen LogP contribution in [-0.2, 0) is 27.3 Å². The smallest absolute Gasteiger partial charge is 0.326 e. The number of thioether (sulfide) groups is 1. The maximum atomic E-state index is 13.9. The maximum absolute atomic E-state index is 13.9. The Morgan fingerprint density at radius 3 is 2.57 bits per heavy atom. The largest absolute Gasteiger partial charge is 0.480 e. The van der Waals surface area contributed by atoms with E-state index in [2.05, 4.69) is 28.6 Å². The highest BCUT2D eigenvalue weighted by molar-refractivity contribution is 7.98. The summed E-state index contributed by atoms with van der Waals surface area (Å²) in [5.41, 5.74) is 2.02. The first kappa shape index (κ1) is 27.8. The standard InChI is InChI=1S/C25H38N4O4S2/c1-15(2)22(27-12-18-11-19(34)13-26-18)24(31)29-14-17-7-5-4-6-16(17)10-21(29)23(30)28-20(25(32)33)8-9-35-3/h4-7,15,18-22,26-27,34H,8-14H2,1-3H3,(H,28,30)(H,32,33)/t18-,19+,20-,21-,22-/m0/s1. The molecule has 8 nitrogen and oxygen atoms in total. The number of nitrogens with one attached hydrogen (secondary N) is 3. The quantitative estimate of drug-likeness (QED) is 0.280. The summed E-state index contributed by atoms with van der Waals surface area (Å²) in [4.78, 5) is 40.6. The predicted molar refractivity (Wildman–Crippen MR) is 143 cm³/mol. The molecule has 1 fully saturated rings. The summed E-state index contributed by atoms with van der Waals surface area (Å²) in [6.45, 7) is 5.80. The molecule has 2 aliphatic heterocycles. The molecule has 194 valence electrons. The number of carbonyl (C=O) groups is 3. The van der Waals surface area contributed by atoms with Crippen molar-refractivity contribution in [1.82, 2.24) is 20.9 Å². The van der Waals surface area contributed by atoms with Gasteiger partial charge in [-0.2, -0.15) is 24.4 Å². The first-order chi connectivity index (χ1) is 16.7. The van der Waals surface area contributed by atoms with E-state index in [4.69, 9.17) is 0 Å². The first-order valence-electron chi connectivity index (χ1n) is 12.3. The third-order valence-corrected chi connectivity index (χ3v) is 7.81. The Balaban J connectivity index is 1.80. The van der Waals surface area contributed by atoms with Crippen molar-refractivity contribution < 1.29 is 19.5 Å². The van der Waals surface area contributed by atoms with E-state index in [1.807, 2.05) is 44.4 Å². The number of amides is 2. The van der Waals surface area contributed by atoms with E-state index in [-0.39, 0.29) is 17.9 Å². The van der Waals surface area contributed by atoms with Crippen molar-refractivity contribution in [3.05, 3.63) is 35.4 Å². The van der Waals surface area contributed by atoms with Gasteiger partial charge >= 0.3 is 5.97 Å². The van der Waals surface area contributed by atoms with E-state index in [0.29, 0.717) is 36.9 Å². The number of aliphatic carboxylic acids is 1. The zero-order chi connectivity index (χ0) is 25.5. The average Bonchev–Trinajstić information content (AvgIpc) is 3.25. The van der Waals surface area contributed by atoms with Crippen LogP contribution in [0, 0.1) is 5.92 Å². The fourth-order valence-electron chi connectivity index (χ4n) is 4.76. The van der Waals surface area contributed by atoms with Gasteiger partial charge < -0.3 is 26.0 Å². The number of hydrogen-bond acceptors (Lipinski definition) is 7. The van der Waals surface area contributed by atoms with E-state index < -0.39 is 30.0 Å². The molecule has 3 rings (SSSR count). The van der Waals surface area contributed by atoms with Crippen LogP contribution in [0.4, 0.5) is 0 Å². The van der Waals surface area contributed by atoms with Crippen LogP contribution in [0.1, 0.15) is 37.8 Å². The van der Waals surface area contributed by atoms with Crippen LogP contribution in [-0.4, -0.2) is 82.3 Å². The number of thiol groups is 1. The summed E-state index contributed by atoms with van der Waals surface area (Å²) in [5.74, 6) is -0.972. The Labute approximate surface area is 217 Å². The molecule has 0 spiro atoms. The second-order valence-electron chi connectivity index (χ2n) is 9.76. The fourth-order valence-corrected chi connectivity index (χ4v) is 5.59. The highest BCUT2D eigenvalue weighted by Crippen LogP contribution is 2.25. The molecule has 4 N–H and O–H groups in total. The van der Waals surface area contributed by atoms with Crippen molar-refractivity contribution in [3.8, 4) is 0 Å². The first-order valence-corrected chi connectivity index (χ1v) is 14.2. The van der Waals surface area contributed by atoms with Crippen LogP contribution in [0.25, 0.3) is 0 Å². The predicted octanol–water partition coefficient (Wildman–Crippen LogP) is 1.54. The number of carbonyl (C=O) groups excluding carboxylic acids is 2. The highest BCUT2D eigenvalue weighted by atomic mass is 32.2. The summed E-state index contributed by atoms with van der Waals surface area (Å²) in [6, 6.07) is 5.86. The molecule has 10 heteroatoms. The molecule has 35 heavy (non-hydrogen) atoms. The second-order valence-corrected chi connectivity index (χ2v) is 11.5. The maximum Gasteiger partial charge on any atom is 0.326 e. The van der Waals surface area contributed by atoms with Crippen LogP contribution in [0.5, 0.6) is 0 Å². The monoisotopic (exact) mass is 522 g/mol. The van der Waals surface area contributed by atoms with Gasteiger partial charge in [-0.25, -0.2) is 4.79 Å². The van der Waals surface area contributed by atoms with Gasteiger partial charge in [0.25, 0.3) is 0 Å². The molecule has 0 aromatic heterocycles. The molecule has 0 unspecified atom stereocenters. The molecular formula is C25H38N4O4S2. The minimum Gasteiger partial charge on any atom is -0.480 e. The molecule has 1 aromatic rings. The molecule has 2 aliphatic rings. The van der Waals surface area contributed by atoms with Gasteiger partial charge in [-0.1, -0.05) is 38.1 Å². The van der Waals surface area contributed by atoms with Crippen molar-refractivity contribution in [2.24, 2.45) is 5.92 Å². The molecule has 2 amide bonds. The summed E-state index contributed by atoms with van der Waals surface area (Å²) in [6.07, 6.45) is 3.52. The zero-order valence-electron chi connectivity index (χ0n) is 20.7. The SMILES string of the molecule is CSCC[C@H](NC(=O)[C@@H]1Cc2ccccc2CN1C(=O)[C@@H](NC[C@@H]1C[C@@H](S)CN1)C(C)C)C(=O)O. The third kappa shape index (κ3) is 7.38. The number of carboxylic acid groups (broad SMARTS) is 1. The van der Waals surface area contributed by atoms with Crippen LogP contribution in [0.15, 0.2) is 24.3 Å². The summed E-state index contributed by atoms with van der Waals surface area (Å²) < 4.78 is 0. The molecule has 0 radical (unpaired) electrons. The van der Waals surface area contributed by atoms with Gasteiger partial charge in [0.05, 0.1) is 6.04 Å². The fraction of sp³-hybridized carbons (Fsp3) is 0.640. The van der Waals surface area contributed by atoms with Crippen LogP contribution in [0.3, 0.4) is 0 Å². The normalized spacial score (nSPS) is 23.6. The number of benzene rings is 1. The second kappa shape index (κ2) is 13.0. The summed E-state index contributed by atoms with van der Waals surface area (Å²) >= 11 is 6.06. The minimum atomic E-state index is -1.06. The van der Waals surface area contributed by atoms with Gasteiger partial charge in [0.2, 0.25) is 11.8 Å². The van der Waals surface area contributed by atoms with Crippen LogP contribution < -0.4 is 16.0 Å². The Morgan fingerprint density at radius 2 is 1.97 bits per heavy atom. The number of rotatable bonds is 11. The average molecular weight is 523 g/mol. The topological polar surface area (TPSA) is 111 Å².